The first-order chi connectivity index (χ1) is 9.55. The molecular weight excluding hydrogens is 320 g/mol. The van der Waals surface area contributed by atoms with Gasteiger partial charge in [-0.2, -0.15) is 5.26 Å². The van der Waals surface area contributed by atoms with E-state index >= 15 is 0 Å². The van der Waals surface area contributed by atoms with Crippen LogP contribution in [0.5, 0.6) is 11.5 Å². The van der Waals surface area contributed by atoms with Crippen molar-refractivity contribution >= 4 is 22.2 Å². The third-order valence-corrected chi connectivity index (χ3v) is 3.34. The Kier molecular flexibility index (Phi) is 4.16. The maximum Gasteiger partial charge on any atom is 0.150 e. The number of rotatable bonds is 3. The van der Waals surface area contributed by atoms with E-state index in [0.29, 0.717) is 32.8 Å². The first-order valence-electron chi connectivity index (χ1n) is 5.86. The Hall–Kier alpha value is -2.19. The molecule has 0 aliphatic rings. The maximum absolute atomic E-state index is 10.7. The molecule has 0 bridgehead atoms. The molecule has 0 unspecified atom stereocenters. The second-order valence-electron chi connectivity index (χ2n) is 4.24. The van der Waals surface area contributed by atoms with E-state index in [2.05, 4.69) is 27.0 Å². The lowest BCUT2D eigenvalue weighted by Crippen LogP contribution is -1.97. The summed E-state index contributed by atoms with van der Waals surface area (Å²) in [5.41, 5.74) is 2.36. The van der Waals surface area contributed by atoms with Gasteiger partial charge in [0.15, 0.2) is 0 Å². The minimum absolute atomic E-state index is 0.405. The molecule has 0 fully saturated rings. The fourth-order valence-electron chi connectivity index (χ4n) is 1.80. The van der Waals surface area contributed by atoms with Crippen LogP contribution in [0.4, 0.5) is 0 Å². The summed E-state index contributed by atoms with van der Waals surface area (Å²) in [4.78, 5) is 14.9. The number of halogens is 1. The van der Waals surface area contributed by atoms with Crippen LogP contribution in [0.1, 0.15) is 27.3 Å². The molecule has 0 spiro atoms. The molecule has 20 heavy (non-hydrogen) atoms. The molecule has 0 aliphatic heterocycles. The minimum Gasteiger partial charge on any atom is -0.455 e. The highest BCUT2D eigenvalue weighted by molar-refractivity contribution is 9.10. The number of aldehydes is 1. The molecule has 0 amide bonds. The standard InChI is InChI=1S/C15H11BrN2O2/c1-9-5-15(12(7-17)10(2)18-9)20-14-4-3-11(8-19)6-13(14)16/h3-6,8H,1-2H3. The van der Waals surface area contributed by atoms with E-state index in [0.717, 1.165) is 12.0 Å². The number of ether oxygens (including phenoxy) is 1. The van der Waals surface area contributed by atoms with Crippen molar-refractivity contribution in [3.05, 3.63) is 51.3 Å². The SMILES string of the molecule is Cc1cc(Oc2ccc(C=O)cc2Br)c(C#N)c(C)n1. The lowest BCUT2D eigenvalue weighted by Gasteiger charge is -2.11. The van der Waals surface area contributed by atoms with Gasteiger partial charge in [0.05, 0.1) is 10.2 Å². The van der Waals surface area contributed by atoms with Gasteiger partial charge in [0, 0.05) is 17.3 Å². The highest BCUT2D eigenvalue weighted by atomic mass is 79.9. The molecule has 0 N–H and O–H groups in total. The molecule has 1 aromatic heterocycles. The third-order valence-electron chi connectivity index (χ3n) is 2.72. The van der Waals surface area contributed by atoms with Crippen molar-refractivity contribution in [2.45, 2.75) is 13.8 Å². The van der Waals surface area contributed by atoms with Crippen LogP contribution in [0.25, 0.3) is 0 Å². The summed E-state index contributed by atoms with van der Waals surface area (Å²) in [6.07, 6.45) is 0.760. The van der Waals surface area contributed by atoms with Crippen LogP contribution in [0.3, 0.4) is 0 Å². The van der Waals surface area contributed by atoms with Crippen LogP contribution in [-0.2, 0) is 0 Å². The van der Waals surface area contributed by atoms with Crippen molar-refractivity contribution in [3.63, 3.8) is 0 Å². The van der Waals surface area contributed by atoms with Crippen LogP contribution in [0.15, 0.2) is 28.7 Å². The topological polar surface area (TPSA) is 63.0 Å². The van der Waals surface area contributed by atoms with Crippen molar-refractivity contribution in [1.29, 1.82) is 5.26 Å². The zero-order valence-corrected chi connectivity index (χ0v) is 12.6. The van der Waals surface area contributed by atoms with Crippen molar-refractivity contribution in [2.75, 3.05) is 0 Å². The summed E-state index contributed by atoms with van der Waals surface area (Å²) < 4.78 is 6.42. The number of nitriles is 1. The van der Waals surface area contributed by atoms with Crippen LogP contribution in [0, 0.1) is 25.2 Å². The first-order valence-corrected chi connectivity index (χ1v) is 6.65. The predicted molar refractivity (Wildman–Crippen MR) is 78.0 cm³/mol. The lowest BCUT2D eigenvalue weighted by molar-refractivity contribution is 0.112. The van der Waals surface area contributed by atoms with Gasteiger partial charge in [0.2, 0.25) is 0 Å². The highest BCUT2D eigenvalue weighted by Gasteiger charge is 2.12. The summed E-state index contributed by atoms with van der Waals surface area (Å²) in [6, 6.07) is 8.80. The van der Waals surface area contributed by atoms with Crippen LogP contribution in [0.2, 0.25) is 0 Å². The zero-order valence-electron chi connectivity index (χ0n) is 11.0. The van der Waals surface area contributed by atoms with Gasteiger partial charge in [-0.05, 0) is 48.0 Å². The summed E-state index contributed by atoms with van der Waals surface area (Å²) in [6.45, 7) is 3.61. The zero-order chi connectivity index (χ0) is 14.7. The fourth-order valence-corrected chi connectivity index (χ4v) is 2.28. The molecule has 0 radical (unpaired) electrons. The molecule has 0 atom stereocenters. The van der Waals surface area contributed by atoms with Crippen LogP contribution < -0.4 is 4.74 Å². The molecule has 0 saturated heterocycles. The molecule has 2 aromatic rings. The van der Waals surface area contributed by atoms with E-state index in [9.17, 15) is 10.1 Å². The smallest absolute Gasteiger partial charge is 0.150 e. The van der Waals surface area contributed by atoms with Crippen LogP contribution >= 0.6 is 15.9 Å². The largest absolute Gasteiger partial charge is 0.455 e. The Morgan fingerprint density at radius 1 is 1.30 bits per heavy atom. The molecule has 5 heteroatoms. The molecule has 0 saturated carbocycles. The number of carbonyl (C=O) groups is 1. The number of carbonyl (C=O) groups excluding carboxylic acids is 1. The molecule has 2 rings (SSSR count). The Balaban J connectivity index is 2.45. The molecule has 0 aliphatic carbocycles. The lowest BCUT2D eigenvalue weighted by atomic mass is 10.2. The summed E-state index contributed by atoms with van der Waals surface area (Å²) >= 11 is 3.35. The van der Waals surface area contributed by atoms with Gasteiger partial charge in [-0.1, -0.05) is 0 Å². The van der Waals surface area contributed by atoms with Gasteiger partial charge in [0.25, 0.3) is 0 Å². The van der Waals surface area contributed by atoms with E-state index in [1.54, 1.807) is 31.2 Å². The van der Waals surface area contributed by atoms with Gasteiger partial charge >= 0.3 is 0 Å². The fraction of sp³-hybridized carbons (Fsp3) is 0.133. The highest BCUT2D eigenvalue weighted by Crippen LogP contribution is 2.32. The number of aryl methyl sites for hydroxylation is 2. The normalized spacial score (nSPS) is 9.90. The van der Waals surface area contributed by atoms with E-state index in [1.807, 2.05) is 6.92 Å². The molecule has 100 valence electrons. The number of benzene rings is 1. The van der Waals surface area contributed by atoms with Crippen molar-refractivity contribution < 1.29 is 9.53 Å². The van der Waals surface area contributed by atoms with Gasteiger partial charge in [0.1, 0.15) is 29.4 Å². The second kappa shape index (κ2) is 5.85. The number of hydrogen-bond donors (Lipinski definition) is 0. The van der Waals surface area contributed by atoms with Gasteiger partial charge < -0.3 is 4.74 Å². The van der Waals surface area contributed by atoms with Crippen molar-refractivity contribution in [3.8, 4) is 17.6 Å². The molecular formula is C15H11BrN2O2. The van der Waals surface area contributed by atoms with Gasteiger partial charge in [-0.25, -0.2) is 0 Å². The van der Waals surface area contributed by atoms with E-state index in [-0.39, 0.29) is 0 Å². The molecule has 4 nitrogen and oxygen atoms in total. The monoisotopic (exact) mass is 330 g/mol. The average molecular weight is 331 g/mol. The van der Waals surface area contributed by atoms with Gasteiger partial charge in [-0.3, -0.25) is 9.78 Å². The molecule has 1 heterocycles. The minimum atomic E-state index is 0.405. The van der Waals surface area contributed by atoms with Gasteiger partial charge in [-0.15, -0.1) is 0 Å². The number of hydrogen-bond acceptors (Lipinski definition) is 4. The van der Waals surface area contributed by atoms with E-state index in [1.165, 1.54) is 0 Å². The summed E-state index contributed by atoms with van der Waals surface area (Å²) in [5, 5.41) is 9.19. The van der Waals surface area contributed by atoms with Crippen LogP contribution in [-0.4, -0.2) is 11.3 Å². The van der Waals surface area contributed by atoms with Crippen molar-refractivity contribution in [2.24, 2.45) is 0 Å². The predicted octanol–water partition coefficient (Wildman–Crippen LogP) is 3.94. The summed E-state index contributed by atoms with van der Waals surface area (Å²) in [7, 11) is 0. The van der Waals surface area contributed by atoms with E-state index < -0.39 is 0 Å². The Bertz CT molecular complexity index is 721. The number of nitrogens with zero attached hydrogens (tertiary/aromatic N) is 2. The molecule has 1 aromatic carbocycles. The Labute approximate surface area is 125 Å². The quantitative estimate of drug-likeness (QED) is 0.799. The van der Waals surface area contributed by atoms with Crippen molar-refractivity contribution in [1.82, 2.24) is 4.98 Å². The maximum atomic E-state index is 10.7. The first kappa shape index (κ1) is 14.2. The van der Waals surface area contributed by atoms with E-state index in [4.69, 9.17) is 4.74 Å². The Morgan fingerprint density at radius 3 is 2.65 bits per heavy atom. The number of aromatic nitrogens is 1. The number of pyridine rings is 1. The second-order valence-corrected chi connectivity index (χ2v) is 5.10. The Morgan fingerprint density at radius 2 is 2.05 bits per heavy atom. The third kappa shape index (κ3) is 2.86. The summed E-state index contributed by atoms with van der Waals surface area (Å²) in [5.74, 6) is 0.995. The average Bonchev–Trinajstić information content (AvgIpc) is 2.40.